The lowest BCUT2D eigenvalue weighted by Crippen LogP contribution is -2.33. The average Bonchev–Trinajstić information content (AvgIpc) is 3.72. The number of aliphatic carboxylic acids is 1. The van der Waals surface area contributed by atoms with Crippen molar-refractivity contribution in [2.45, 2.75) is 84.7 Å². The zero-order valence-corrected chi connectivity index (χ0v) is 29.9. The second-order valence-corrected chi connectivity index (χ2v) is 14.3. The van der Waals surface area contributed by atoms with E-state index in [4.69, 9.17) is 4.74 Å². The van der Waals surface area contributed by atoms with Gasteiger partial charge in [-0.2, -0.15) is 0 Å². The first kappa shape index (κ1) is 37.0. The van der Waals surface area contributed by atoms with Gasteiger partial charge in [-0.15, -0.1) is 0 Å². The summed E-state index contributed by atoms with van der Waals surface area (Å²) in [5, 5.41) is 9.44. The second kappa shape index (κ2) is 18.7. The molecule has 50 heavy (non-hydrogen) atoms. The number of ether oxygens (including phenoxy) is 1. The number of nitrogens with zero attached hydrogens (tertiary/aromatic N) is 2. The molecule has 2 fully saturated rings. The zero-order valence-electron chi connectivity index (χ0n) is 29.9. The van der Waals surface area contributed by atoms with E-state index in [-0.39, 0.29) is 23.7 Å². The Bertz CT molecular complexity index is 1500. The summed E-state index contributed by atoms with van der Waals surface area (Å²) in [5.74, 6) is -0.265. The Morgan fingerprint density at radius 2 is 0.880 bits per heavy atom. The Morgan fingerprint density at radius 1 is 0.560 bits per heavy atom. The third-order valence-corrected chi connectivity index (χ3v) is 10.6. The highest BCUT2D eigenvalue weighted by atomic mass is 16.5. The fraction of sp³-hybridized carbons (Fsp3) is 0.409. The van der Waals surface area contributed by atoms with Crippen molar-refractivity contribution in [1.29, 1.82) is 0 Å². The molecule has 0 amide bonds. The van der Waals surface area contributed by atoms with Crippen molar-refractivity contribution >= 4 is 11.9 Å². The van der Waals surface area contributed by atoms with Gasteiger partial charge < -0.3 is 9.84 Å². The highest BCUT2D eigenvalue weighted by molar-refractivity contribution is 5.73. The number of esters is 1. The highest BCUT2D eigenvalue weighted by Gasteiger charge is 2.40. The molecule has 0 bridgehead atoms. The summed E-state index contributed by atoms with van der Waals surface area (Å²) in [5.41, 5.74) is 5.19. The van der Waals surface area contributed by atoms with E-state index in [1.54, 1.807) is 0 Å². The van der Waals surface area contributed by atoms with Gasteiger partial charge in [-0.1, -0.05) is 135 Å². The lowest BCUT2D eigenvalue weighted by molar-refractivity contribution is -0.149. The van der Waals surface area contributed by atoms with Crippen LogP contribution in [-0.4, -0.2) is 45.5 Å². The van der Waals surface area contributed by atoms with Crippen LogP contribution in [0.5, 0.6) is 0 Å². The van der Waals surface area contributed by atoms with Crippen LogP contribution in [0, 0.1) is 23.7 Å². The van der Waals surface area contributed by atoms with E-state index in [0.717, 1.165) is 51.9 Å². The van der Waals surface area contributed by atoms with Crippen molar-refractivity contribution in [2.75, 3.05) is 6.61 Å². The van der Waals surface area contributed by atoms with Crippen LogP contribution in [0.3, 0.4) is 0 Å². The molecule has 2 aliphatic rings. The van der Waals surface area contributed by atoms with E-state index >= 15 is 0 Å². The molecule has 6 rings (SSSR count). The zero-order chi connectivity index (χ0) is 35.3. The van der Waals surface area contributed by atoms with Crippen molar-refractivity contribution in [3.05, 3.63) is 144 Å². The topological polar surface area (TPSA) is 70.1 Å². The van der Waals surface area contributed by atoms with E-state index in [0.29, 0.717) is 24.6 Å². The van der Waals surface area contributed by atoms with Crippen molar-refractivity contribution in [1.82, 2.24) is 9.80 Å². The molecule has 264 valence electrons. The summed E-state index contributed by atoms with van der Waals surface area (Å²) in [6.07, 6.45) is 3.63. The average molecular weight is 675 g/mol. The quantitative estimate of drug-likeness (QED) is 0.143. The number of hydrogen-bond donors (Lipinski definition) is 1. The molecule has 0 heterocycles. The Labute approximate surface area is 299 Å². The van der Waals surface area contributed by atoms with Crippen LogP contribution in [0.2, 0.25) is 0 Å². The van der Waals surface area contributed by atoms with Gasteiger partial charge in [0.1, 0.15) is 0 Å². The first-order chi connectivity index (χ1) is 24.3. The maximum Gasteiger partial charge on any atom is 0.309 e. The fourth-order valence-electron chi connectivity index (χ4n) is 7.85. The molecule has 0 radical (unpaired) electrons. The molecular formula is C44H54N2O4. The molecule has 0 saturated heterocycles. The summed E-state index contributed by atoms with van der Waals surface area (Å²) < 4.78 is 5.30. The molecule has 0 aromatic heterocycles. The molecule has 6 heteroatoms. The van der Waals surface area contributed by atoms with E-state index in [1.165, 1.54) is 22.3 Å². The van der Waals surface area contributed by atoms with E-state index < -0.39 is 5.97 Å². The number of carbonyl (C=O) groups excluding carboxylic acids is 1. The van der Waals surface area contributed by atoms with Crippen LogP contribution < -0.4 is 0 Å². The smallest absolute Gasteiger partial charge is 0.309 e. The van der Waals surface area contributed by atoms with E-state index in [1.807, 2.05) is 19.1 Å². The predicted octanol–water partition coefficient (Wildman–Crippen LogP) is 8.85. The Balaban J connectivity index is 0.000000195. The van der Waals surface area contributed by atoms with Crippen molar-refractivity contribution in [3.63, 3.8) is 0 Å². The van der Waals surface area contributed by atoms with Crippen molar-refractivity contribution in [2.24, 2.45) is 23.7 Å². The summed E-state index contributed by atoms with van der Waals surface area (Å²) >= 11 is 0. The molecule has 4 aromatic carbocycles. The molecule has 2 aliphatic carbocycles. The lowest BCUT2D eigenvalue weighted by atomic mass is 9.99. The van der Waals surface area contributed by atoms with Gasteiger partial charge in [0.2, 0.25) is 0 Å². The van der Waals surface area contributed by atoms with E-state index in [2.05, 4.69) is 133 Å². The van der Waals surface area contributed by atoms with Crippen LogP contribution in [0.1, 0.15) is 68.7 Å². The number of benzene rings is 4. The normalized spacial score (nSPS) is 23.0. The Hall–Kier alpha value is -4.26. The molecule has 4 aromatic rings. The maximum atomic E-state index is 12.3. The minimum atomic E-state index is -0.649. The van der Waals surface area contributed by atoms with Crippen LogP contribution in [0.4, 0.5) is 0 Å². The SMILES string of the molecule is CC1CC(N(Cc2ccccc2)Cc2ccccc2)CC1C(=O)O.CCOC(=O)C1CC(N(Cc2ccccc2)Cc2ccccc2)CC1C. The minimum Gasteiger partial charge on any atom is -0.481 e. The Kier molecular flexibility index (Phi) is 13.8. The molecule has 6 unspecified atom stereocenters. The number of carbonyl (C=O) groups is 2. The maximum absolute atomic E-state index is 12.3. The monoisotopic (exact) mass is 674 g/mol. The summed E-state index contributed by atoms with van der Waals surface area (Å²) in [7, 11) is 0. The largest absolute Gasteiger partial charge is 0.481 e. The van der Waals surface area contributed by atoms with Gasteiger partial charge in [0.05, 0.1) is 18.4 Å². The van der Waals surface area contributed by atoms with Crippen molar-refractivity contribution in [3.8, 4) is 0 Å². The fourth-order valence-corrected chi connectivity index (χ4v) is 7.85. The summed E-state index contributed by atoms with van der Waals surface area (Å²) in [6, 6.07) is 42.8. The van der Waals surface area contributed by atoms with Crippen LogP contribution in [-0.2, 0) is 40.5 Å². The van der Waals surface area contributed by atoms with Gasteiger partial charge in [0, 0.05) is 38.3 Å². The van der Waals surface area contributed by atoms with Gasteiger partial charge in [0.25, 0.3) is 0 Å². The molecular weight excluding hydrogens is 620 g/mol. The highest BCUT2D eigenvalue weighted by Crippen LogP contribution is 2.37. The van der Waals surface area contributed by atoms with Gasteiger partial charge >= 0.3 is 11.9 Å². The van der Waals surface area contributed by atoms with Crippen LogP contribution in [0.15, 0.2) is 121 Å². The van der Waals surface area contributed by atoms with Crippen molar-refractivity contribution < 1.29 is 19.4 Å². The number of rotatable bonds is 13. The minimum absolute atomic E-state index is 0.0222. The van der Waals surface area contributed by atoms with Gasteiger partial charge in [-0.05, 0) is 66.7 Å². The van der Waals surface area contributed by atoms with Gasteiger partial charge in [0.15, 0.2) is 0 Å². The number of carboxylic acids is 1. The summed E-state index contributed by atoms with van der Waals surface area (Å²) in [4.78, 5) is 28.8. The third-order valence-electron chi connectivity index (χ3n) is 10.6. The number of carboxylic acid groups (broad SMARTS) is 1. The standard InChI is InChI=1S/C23H29NO2.C21H25NO2/c1-3-26-23(25)22-15-21(14-18(22)2)24(16-19-10-6-4-7-11-19)17-20-12-8-5-9-13-20;1-16-12-19(13-20(16)21(23)24)22(14-17-8-4-2-5-9-17)15-18-10-6-3-7-11-18/h4-13,18,21-22H,3,14-17H2,1-2H3;2-11,16,19-20H,12-15H2,1H3,(H,23,24). The second-order valence-electron chi connectivity index (χ2n) is 14.3. The molecule has 0 aliphatic heterocycles. The molecule has 6 atom stereocenters. The third kappa shape index (κ3) is 10.6. The van der Waals surface area contributed by atoms with Gasteiger partial charge in [-0.25, -0.2) is 0 Å². The molecule has 6 nitrogen and oxygen atoms in total. The first-order valence-corrected chi connectivity index (χ1v) is 18.3. The predicted molar refractivity (Wildman–Crippen MR) is 200 cm³/mol. The molecule has 2 saturated carbocycles. The molecule has 1 N–H and O–H groups in total. The summed E-state index contributed by atoms with van der Waals surface area (Å²) in [6.45, 7) is 10.1. The van der Waals surface area contributed by atoms with Crippen LogP contribution >= 0.6 is 0 Å². The lowest BCUT2D eigenvalue weighted by Gasteiger charge is -2.29. The first-order valence-electron chi connectivity index (χ1n) is 18.3. The van der Waals surface area contributed by atoms with E-state index in [9.17, 15) is 14.7 Å². The van der Waals surface area contributed by atoms with Gasteiger partial charge in [-0.3, -0.25) is 19.4 Å². The Morgan fingerprint density at radius 3 is 1.18 bits per heavy atom. The van der Waals surface area contributed by atoms with Crippen LogP contribution in [0.25, 0.3) is 0 Å². The molecule has 0 spiro atoms. The number of hydrogen-bond acceptors (Lipinski definition) is 5.